The maximum absolute atomic E-state index is 12.7. The number of benzene rings is 1. The van der Waals surface area contributed by atoms with Gasteiger partial charge in [-0.15, -0.1) is 0 Å². The molecule has 12 heteroatoms. The summed E-state index contributed by atoms with van der Waals surface area (Å²) < 4.78 is 5.28. The van der Waals surface area contributed by atoms with Crippen molar-refractivity contribution in [2.24, 2.45) is 0 Å². The van der Waals surface area contributed by atoms with Gasteiger partial charge < -0.3 is 25.2 Å². The minimum absolute atomic E-state index is 0.0153. The second-order valence-corrected chi connectivity index (χ2v) is 9.86. The van der Waals surface area contributed by atoms with Crippen molar-refractivity contribution >= 4 is 45.7 Å². The number of ether oxygens (including phenoxy) is 1. The van der Waals surface area contributed by atoms with E-state index < -0.39 is 6.03 Å². The van der Waals surface area contributed by atoms with Gasteiger partial charge in [-0.25, -0.2) is 9.78 Å². The van der Waals surface area contributed by atoms with Crippen molar-refractivity contribution in [3.8, 4) is 6.01 Å². The molecular weight excluding hydrogens is 480 g/mol. The molecule has 0 saturated carbocycles. The van der Waals surface area contributed by atoms with E-state index in [4.69, 9.17) is 4.74 Å². The van der Waals surface area contributed by atoms with Gasteiger partial charge in [0.25, 0.3) is 5.91 Å². The molecule has 0 fully saturated rings. The molecule has 0 saturated heterocycles. The fourth-order valence-corrected chi connectivity index (χ4v) is 4.73. The molecule has 0 unspecified atom stereocenters. The van der Waals surface area contributed by atoms with E-state index in [9.17, 15) is 9.59 Å². The summed E-state index contributed by atoms with van der Waals surface area (Å²) in [6.45, 7) is 5.11. The number of methoxy groups -OCH3 is 1. The molecule has 0 bridgehead atoms. The standard InChI is InChI=1S/C24H30N8O3S/c1-14(2)25-21(33)15-8-6-7-9-16(15)26-22(34)30-24-27-17-10-11-32(13-18(17)36-24)20-12-19(31(3)4)28-23(29-20)35-5/h6-9,12,14H,10-11,13H2,1-5H3,(H,25,33)(H2,26,27,30,34). The summed E-state index contributed by atoms with van der Waals surface area (Å²) in [4.78, 5) is 43.8. The Kier molecular flexibility index (Phi) is 7.53. The van der Waals surface area contributed by atoms with Crippen molar-refractivity contribution in [1.82, 2.24) is 20.3 Å². The summed E-state index contributed by atoms with van der Waals surface area (Å²) in [5.41, 5.74) is 1.78. The SMILES string of the molecule is COc1nc(N(C)C)cc(N2CCc3nc(NC(=O)Nc4ccccc4C(=O)NC(C)C)sc3C2)n1. The zero-order valence-electron chi connectivity index (χ0n) is 21.0. The van der Waals surface area contributed by atoms with E-state index in [0.717, 1.165) is 35.2 Å². The molecule has 0 radical (unpaired) electrons. The Morgan fingerprint density at radius 3 is 2.64 bits per heavy atom. The molecule has 3 heterocycles. The Bertz CT molecular complexity index is 1260. The van der Waals surface area contributed by atoms with Crippen LogP contribution in [-0.4, -0.2) is 60.7 Å². The number of para-hydroxylation sites is 1. The van der Waals surface area contributed by atoms with Gasteiger partial charge in [-0.2, -0.15) is 9.97 Å². The molecule has 4 rings (SSSR count). The topological polar surface area (TPSA) is 125 Å². The van der Waals surface area contributed by atoms with Crippen LogP contribution in [0, 0.1) is 0 Å². The van der Waals surface area contributed by atoms with Gasteiger partial charge in [0.2, 0.25) is 0 Å². The van der Waals surface area contributed by atoms with Crippen LogP contribution in [0.2, 0.25) is 0 Å². The lowest BCUT2D eigenvalue weighted by atomic mass is 10.1. The number of rotatable bonds is 7. The lowest BCUT2D eigenvalue weighted by Gasteiger charge is -2.27. The minimum Gasteiger partial charge on any atom is -0.467 e. The molecule has 190 valence electrons. The Hall–Kier alpha value is -3.93. The molecule has 3 amide bonds. The van der Waals surface area contributed by atoms with Crippen molar-refractivity contribution in [3.05, 3.63) is 46.5 Å². The number of nitrogens with one attached hydrogen (secondary N) is 3. The highest BCUT2D eigenvalue weighted by Gasteiger charge is 2.24. The van der Waals surface area contributed by atoms with Crippen molar-refractivity contribution in [1.29, 1.82) is 0 Å². The predicted octanol–water partition coefficient (Wildman–Crippen LogP) is 3.35. The Morgan fingerprint density at radius 2 is 1.92 bits per heavy atom. The molecule has 1 aromatic carbocycles. The van der Waals surface area contributed by atoms with Crippen LogP contribution in [0.15, 0.2) is 30.3 Å². The summed E-state index contributed by atoms with van der Waals surface area (Å²) in [5, 5.41) is 8.92. The molecule has 1 aliphatic rings. The molecule has 2 aromatic heterocycles. The van der Waals surface area contributed by atoms with E-state index in [2.05, 4.69) is 35.8 Å². The number of hydrogen-bond donors (Lipinski definition) is 3. The maximum atomic E-state index is 12.7. The molecule has 3 N–H and O–H groups in total. The molecule has 1 aliphatic heterocycles. The van der Waals surface area contributed by atoms with Crippen molar-refractivity contribution < 1.29 is 14.3 Å². The quantitative estimate of drug-likeness (QED) is 0.442. The summed E-state index contributed by atoms with van der Waals surface area (Å²) in [5.74, 6) is 1.28. The number of anilines is 4. The van der Waals surface area contributed by atoms with Crippen molar-refractivity contribution in [3.63, 3.8) is 0 Å². The fourth-order valence-electron chi connectivity index (χ4n) is 3.71. The van der Waals surface area contributed by atoms with Crippen LogP contribution in [0.1, 0.15) is 34.8 Å². The summed E-state index contributed by atoms with van der Waals surface area (Å²) in [6, 6.07) is 8.65. The lowest BCUT2D eigenvalue weighted by Crippen LogP contribution is -2.31. The van der Waals surface area contributed by atoms with Crippen LogP contribution in [-0.2, 0) is 13.0 Å². The zero-order chi connectivity index (χ0) is 25.8. The first kappa shape index (κ1) is 25.2. The highest BCUT2D eigenvalue weighted by molar-refractivity contribution is 7.15. The van der Waals surface area contributed by atoms with Gasteiger partial charge in [0.15, 0.2) is 5.13 Å². The van der Waals surface area contributed by atoms with E-state index in [1.165, 1.54) is 11.3 Å². The van der Waals surface area contributed by atoms with Crippen LogP contribution in [0.25, 0.3) is 0 Å². The zero-order valence-corrected chi connectivity index (χ0v) is 21.8. The largest absolute Gasteiger partial charge is 0.467 e. The maximum Gasteiger partial charge on any atom is 0.325 e. The summed E-state index contributed by atoms with van der Waals surface area (Å²) in [7, 11) is 5.39. The fraction of sp³-hybridized carbons (Fsp3) is 0.375. The Labute approximate surface area is 213 Å². The highest BCUT2D eigenvalue weighted by Crippen LogP contribution is 2.32. The van der Waals surface area contributed by atoms with Crippen LogP contribution >= 0.6 is 11.3 Å². The molecular formula is C24H30N8O3S. The Balaban J connectivity index is 1.45. The molecule has 11 nitrogen and oxygen atoms in total. The van der Waals surface area contributed by atoms with Crippen LogP contribution in [0.3, 0.4) is 0 Å². The number of carbonyl (C=O) groups is 2. The van der Waals surface area contributed by atoms with E-state index in [-0.39, 0.29) is 11.9 Å². The normalized spacial score (nSPS) is 12.7. The van der Waals surface area contributed by atoms with Gasteiger partial charge in [0.1, 0.15) is 11.6 Å². The van der Waals surface area contributed by atoms with E-state index in [1.54, 1.807) is 31.4 Å². The number of nitrogens with zero attached hydrogens (tertiary/aromatic N) is 5. The first-order valence-electron chi connectivity index (χ1n) is 11.5. The third-order valence-electron chi connectivity index (χ3n) is 5.43. The van der Waals surface area contributed by atoms with Crippen molar-refractivity contribution in [2.45, 2.75) is 32.9 Å². The average molecular weight is 511 g/mol. The second-order valence-electron chi connectivity index (χ2n) is 8.78. The predicted molar refractivity (Wildman–Crippen MR) is 141 cm³/mol. The van der Waals surface area contributed by atoms with E-state index in [0.29, 0.717) is 28.9 Å². The molecule has 0 atom stereocenters. The minimum atomic E-state index is -0.459. The number of fused-ring (bicyclic) bond motifs is 1. The number of urea groups is 1. The van der Waals surface area contributed by atoms with Gasteiger partial charge in [0, 0.05) is 44.0 Å². The number of thiazole rings is 1. The number of hydrogen-bond acceptors (Lipinski definition) is 9. The Morgan fingerprint density at radius 1 is 1.14 bits per heavy atom. The van der Waals surface area contributed by atoms with Gasteiger partial charge >= 0.3 is 12.0 Å². The molecule has 36 heavy (non-hydrogen) atoms. The highest BCUT2D eigenvalue weighted by atomic mass is 32.1. The second kappa shape index (κ2) is 10.8. The molecule has 3 aromatic rings. The van der Waals surface area contributed by atoms with Gasteiger partial charge in [0.05, 0.1) is 30.6 Å². The number of carbonyl (C=O) groups excluding carboxylic acids is 2. The number of amides is 3. The summed E-state index contributed by atoms with van der Waals surface area (Å²) >= 11 is 1.42. The number of aromatic nitrogens is 3. The first-order valence-corrected chi connectivity index (χ1v) is 12.4. The van der Waals surface area contributed by atoms with Crippen LogP contribution in [0.4, 0.5) is 27.2 Å². The van der Waals surface area contributed by atoms with E-state index >= 15 is 0 Å². The third kappa shape index (κ3) is 5.82. The van der Waals surface area contributed by atoms with Gasteiger partial charge in [-0.1, -0.05) is 23.5 Å². The van der Waals surface area contributed by atoms with Gasteiger partial charge in [-0.3, -0.25) is 10.1 Å². The van der Waals surface area contributed by atoms with Crippen LogP contribution in [0.5, 0.6) is 6.01 Å². The summed E-state index contributed by atoms with van der Waals surface area (Å²) in [6.07, 6.45) is 0.719. The lowest BCUT2D eigenvalue weighted by molar-refractivity contribution is 0.0944. The third-order valence-corrected chi connectivity index (χ3v) is 6.43. The van der Waals surface area contributed by atoms with Crippen LogP contribution < -0.4 is 30.5 Å². The monoisotopic (exact) mass is 510 g/mol. The van der Waals surface area contributed by atoms with E-state index in [1.807, 2.05) is 38.9 Å². The molecule has 0 spiro atoms. The molecule has 0 aliphatic carbocycles. The first-order chi connectivity index (χ1) is 17.2. The average Bonchev–Trinajstić information content (AvgIpc) is 3.24. The van der Waals surface area contributed by atoms with Crippen molar-refractivity contribution in [2.75, 3.05) is 48.2 Å². The smallest absolute Gasteiger partial charge is 0.325 e. The van der Waals surface area contributed by atoms with Gasteiger partial charge in [-0.05, 0) is 26.0 Å².